The molecule has 0 aliphatic rings. The summed E-state index contributed by atoms with van der Waals surface area (Å²) in [7, 11) is 1.99. The highest BCUT2D eigenvalue weighted by molar-refractivity contribution is 7.99. The number of thioether (sulfide) groups is 1. The monoisotopic (exact) mass is 291 g/mol. The lowest BCUT2D eigenvalue weighted by atomic mass is 9.96. The molecule has 1 heterocycles. The molecule has 20 heavy (non-hydrogen) atoms. The van der Waals surface area contributed by atoms with E-state index < -0.39 is 0 Å². The Morgan fingerprint density at radius 1 is 1.15 bits per heavy atom. The molecule has 0 fully saturated rings. The fraction of sp³-hybridized carbons (Fsp3) is 0.467. The normalized spacial score (nSPS) is 14.4. The molecule has 108 valence electrons. The van der Waals surface area contributed by atoms with Crippen molar-refractivity contribution in [3.63, 3.8) is 0 Å². The predicted octanol–water partition coefficient (Wildman–Crippen LogP) is 3.46. The molecule has 0 radical (unpaired) electrons. The lowest BCUT2D eigenvalue weighted by molar-refractivity contribution is 0.419. The first-order valence-electron chi connectivity index (χ1n) is 6.80. The molecule has 1 N–H and O–H groups in total. The maximum absolute atomic E-state index is 5.51. The Morgan fingerprint density at radius 2 is 1.85 bits per heavy atom. The maximum atomic E-state index is 5.51. The molecule has 2 aromatic rings. The van der Waals surface area contributed by atoms with Gasteiger partial charge in [-0.15, -0.1) is 10.2 Å². The standard InChI is InChI=1S/C15H21N3OS/c1-10(2)14(20-15-18-17-11(3)19-15)13(16-4)12-8-6-5-7-9-12/h5-10,13-14,16H,1-4H3. The molecule has 0 aliphatic heterocycles. The minimum Gasteiger partial charge on any atom is -0.416 e. The third-order valence-corrected chi connectivity index (χ3v) is 4.65. The van der Waals surface area contributed by atoms with E-state index in [-0.39, 0.29) is 6.04 Å². The van der Waals surface area contributed by atoms with E-state index in [1.807, 2.05) is 20.0 Å². The van der Waals surface area contributed by atoms with Crippen LogP contribution in [0.15, 0.2) is 40.0 Å². The van der Waals surface area contributed by atoms with Crippen LogP contribution in [0.25, 0.3) is 0 Å². The van der Waals surface area contributed by atoms with Crippen LogP contribution in [0.3, 0.4) is 0 Å². The number of hydrogen-bond acceptors (Lipinski definition) is 5. The molecular weight excluding hydrogens is 270 g/mol. The third-order valence-electron chi connectivity index (χ3n) is 3.20. The molecule has 0 spiro atoms. The van der Waals surface area contributed by atoms with Gasteiger partial charge in [-0.05, 0) is 18.5 Å². The number of nitrogens with zero attached hydrogens (tertiary/aromatic N) is 2. The van der Waals surface area contributed by atoms with Crippen LogP contribution < -0.4 is 5.32 Å². The van der Waals surface area contributed by atoms with Gasteiger partial charge < -0.3 is 9.73 Å². The highest BCUT2D eigenvalue weighted by atomic mass is 32.2. The first-order valence-corrected chi connectivity index (χ1v) is 7.68. The van der Waals surface area contributed by atoms with Crippen molar-refractivity contribution in [2.75, 3.05) is 7.05 Å². The zero-order valence-electron chi connectivity index (χ0n) is 12.3. The largest absolute Gasteiger partial charge is 0.416 e. The highest BCUT2D eigenvalue weighted by Crippen LogP contribution is 2.35. The lowest BCUT2D eigenvalue weighted by Crippen LogP contribution is -2.31. The van der Waals surface area contributed by atoms with E-state index in [1.54, 1.807) is 11.8 Å². The second kappa shape index (κ2) is 6.90. The van der Waals surface area contributed by atoms with Gasteiger partial charge in [-0.3, -0.25) is 0 Å². The Hall–Kier alpha value is -1.33. The van der Waals surface area contributed by atoms with Crippen LogP contribution in [0.5, 0.6) is 0 Å². The van der Waals surface area contributed by atoms with E-state index in [9.17, 15) is 0 Å². The van der Waals surface area contributed by atoms with Crippen LogP contribution in [0, 0.1) is 12.8 Å². The summed E-state index contributed by atoms with van der Waals surface area (Å²) in [5.41, 5.74) is 1.28. The quantitative estimate of drug-likeness (QED) is 0.826. The van der Waals surface area contributed by atoms with Crippen molar-refractivity contribution >= 4 is 11.8 Å². The number of aromatic nitrogens is 2. The topological polar surface area (TPSA) is 51.0 Å². The van der Waals surface area contributed by atoms with Crippen molar-refractivity contribution in [3.05, 3.63) is 41.8 Å². The van der Waals surface area contributed by atoms with Crippen molar-refractivity contribution in [2.24, 2.45) is 5.92 Å². The fourth-order valence-corrected chi connectivity index (χ4v) is 3.40. The summed E-state index contributed by atoms with van der Waals surface area (Å²) < 4.78 is 5.51. The molecule has 0 amide bonds. The second-order valence-corrected chi connectivity index (χ2v) is 6.22. The van der Waals surface area contributed by atoms with Gasteiger partial charge in [-0.1, -0.05) is 55.9 Å². The summed E-state index contributed by atoms with van der Waals surface area (Å²) in [5.74, 6) is 1.08. The molecule has 5 heteroatoms. The number of nitrogens with one attached hydrogen (secondary N) is 1. The van der Waals surface area contributed by atoms with Crippen molar-refractivity contribution in [1.82, 2.24) is 15.5 Å². The van der Waals surface area contributed by atoms with E-state index in [4.69, 9.17) is 4.42 Å². The van der Waals surface area contributed by atoms with Crippen molar-refractivity contribution in [2.45, 2.75) is 37.3 Å². The van der Waals surface area contributed by atoms with Crippen LogP contribution >= 0.6 is 11.8 Å². The van der Waals surface area contributed by atoms with Crippen LogP contribution in [-0.2, 0) is 0 Å². The van der Waals surface area contributed by atoms with E-state index in [2.05, 4.69) is 53.6 Å². The van der Waals surface area contributed by atoms with Gasteiger partial charge in [0.15, 0.2) is 0 Å². The molecule has 4 nitrogen and oxygen atoms in total. The molecule has 1 aromatic carbocycles. The molecule has 2 atom stereocenters. The molecule has 0 aliphatic carbocycles. The van der Waals surface area contributed by atoms with Gasteiger partial charge in [0, 0.05) is 18.2 Å². The Kier molecular flexibility index (Phi) is 5.20. The minimum absolute atomic E-state index is 0.244. The number of aryl methyl sites for hydroxylation is 1. The SMILES string of the molecule is CNC(c1ccccc1)C(Sc1nnc(C)o1)C(C)C. The van der Waals surface area contributed by atoms with Crippen molar-refractivity contribution in [1.29, 1.82) is 0 Å². The first-order chi connectivity index (χ1) is 9.61. The van der Waals surface area contributed by atoms with E-state index in [0.717, 1.165) is 0 Å². The molecular formula is C15H21N3OS. The summed E-state index contributed by atoms with van der Waals surface area (Å²) in [4.78, 5) is 0. The Labute approximate surface area is 124 Å². The fourth-order valence-electron chi connectivity index (χ4n) is 2.21. The Morgan fingerprint density at radius 3 is 2.35 bits per heavy atom. The third kappa shape index (κ3) is 3.61. The van der Waals surface area contributed by atoms with Gasteiger partial charge in [-0.2, -0.15) is 0 Å². The molecule has 0 bridgehead atoms. The van der Waals surface area contributed by atoms with E-state index in [0.29, 0.717) is 22.3 Å². The summed E-state index contributed by atoms with van der Waals surface area (Å²) in [6.07, 6.45) is 0. The lowest BCUT2D eigenvalue weighted by Gasteiger charge is -2.28. The predicted molar refractivity (Wildman–Crippen MR) is 81.8 cm³/mol. The molecule has 2 rings (SSSR count). The maximum Gasteiger partial charge on any atom is 0.276 e. The van der Waals surface area contributed by atoms with Gasteiger partial charge in [-0.25, -0.2) is 0 Å². The Bertz CT molecular complexity index is 527. The smallest absolute Gasteiger partial charge is 0.276 e. The van der Waals surface area contributed by atoms with Crippen molar-refractivity contribution < 1.29 is 4.42 Å². The zero-order valence-corrected chi connectivity index (χ0v) is 13.1. The van der Waals surface area contributed by atoms with E-state index in [1.165, 1.54) is 5.56 Å². The molecule has 2 unspecified atom stereocenters. The van der Waals surface area contributed by atoms with Gasteiger partial charge in [0.25, 0.3) is 5.22 Å². The second-order valence-electron chi connectivity index (χ2n) is 5.09. The summed E-state index contributed by atoms with van der Waals surface area (Å²) in [5, 5.41) is 12.4. The molecule has 0 saturated carbocycles. The van der Waals surface area contributed by atoms with Crippen molar-refractivity contribution in [3.8, 4) is 0 Å². The molecule has 1 aromatic heterocycles. The average molecular weight is 291 g/mol. The number of benzene rings is 1. The van der Waals surface area contributed by atoms with E-state index >= 15 is 0 Å². The minimum atomic E-state index is 0.244. The average Bonchev–Trinajstić information content (AvgIpc) is 2.85. The number of rotatable bonds is 6. The zero-order chi connectivity index (χ0) is 14.5. The van der Waals surface area contributed by atoms with Crippen LogP contribution in [0.1, 0.15) is 31.3 Å². The summed E-state index contributed by atoms with van der Waals surface area (Å²) in [6, 6.07) is 10.7. The first kappa shape index (κ1) is 15.1. The summed E-state index contributed by atoms with van der Waals surface area (Å²) in [6.45, 7) is 6.25. The van der Waals surface area contributed by atoms with Gasteiger partial charge in [0.05, 0.1) is 0 Å². The van der Waals surface area contributed by atoms with Crippen LogP contribution in [0.4, 0.5) is 0 Å². The summed E-state index contributed by atoms with van der Waals surface area (Å²) >= 11 is 1.64. The highest BCUT2D eigenvalue weighted by Gasteiger charge is 2.27. The van der Waals surface area contributed by atoms with Gasteiger partial charge in [0.2, 0.25) is 5.89 Å². The number of hydrogen-bond donors (Lipinski definition) is 1. The van der Waals surface area contributed by atoms with Gasteiger partial charge >= 0.3 is 0 Å². The Balaban J connectivity index is 2.22. The van der Waals surface area contributed by atoms with Crippen LogP contribution in [0.2, 0.25) is 0 Å². The van der Waals surface area contributed by atoms with Gasteiger partial charge in [0.1, 0.15) is 0 Å². The molecule has 0 saturated heterocycles. The van der Waals surface area contributed by atoms with Crippen LogP contribution in [-0.4, -0.2) is 22.5 Å².